The standard InChI is InChI=1S/C3H5O/c1-2-3-4/h1-2,4H,3H2/q+1. The lowest BCUT2D eigenvalue weighted by atomic mass is 10.7. The lowest BCUT2D eigenvalue weighted by Gasteiger charge is -1.50. The Labute approximate surface area is 25.6 Å². The summed E-state index contributed by atoms with van der Waals surface area (Å²) in [6.45, 7) is 4.62. The maximum absolute atomic E-state index is 7.69. The molecule has 0 aliphatic rings. The van der Waals surface area contributed by atoms with Gasteiger partial charge >= 0.3 is 0 Å². The highest BCUT2D eigenvalue weighted by molar-refractivity contribution is 4.55. The summed E-state index contributed by atoms with van der Waals surface area (Å²) in [6.07, 6.45) is 1.18. The minimum absolute atomic E-state index is 0.0278. The fourth-order valence-corrected chi connectivity index (χ4v) is 0. The molecule has 0 fully saturated rings. The summed E-state index contributed by atoms with van der Waals surface area (Å²) < 4.78 is 0. The maximum Gasteiger partial charge on any atom is 0.204 e. The quantitative estimate of drug-likeness (QED) is 0.419. The summed E-state index contributed by atoms with van der Waals surface area (Å²) in [5, 5.41) is 7.69. The largest absolute Gasteiger partial charge is 0.388 e. The van der Waals surface area contributed by atoms with E-state index >= 15 is 0 Å². The lowest BCUT2D eigenvalue weighted by molar-refractivity contribution is 0.343. The molecule has 1 heteroatoms. The van der Waals surface area contributed by atoms with Crippen molar-refractivity contribution in [2.45, 2.75) is 0 Å². The molecule has 22 valence electrons. The smallest absolute Gasteiger partial charge is 0.204 e. The number of hydrogen-bond donors (Lipinski definition) is 1. The van der Waals surface area contributed by atoms with Crippen LogP contribution in [0.2, 0.25) is 0 Å². The Kier molecular flexibility index (Phi) is 2.36. The highest BCUT2D eigenvalue weighted by Gasteiger charge is 1.58. The van der Waals surface area contributed by atoms with Crippen molar-refractivity contribution < 1.29 is 5.11 Å². The second kappa shape index (κ2) is 2.61. The Morgan fingerprint density at radius 1 is 2.00 bits per heavy atom. The van der Waals surface area contributed by atoms with Crippen LogP contribution in [0.25, 0.3) is 0 Å². The highest BCUT2D eigenvalue weighted by Crippen LogP contribution is 1.45. The topological polar surface area (TPSA) is 20.2 Å². The van der Waals surface area contributed by atoms with Crippen LogP contribution in [0, 0.1) is 6.58 Å². The van der Waals surface area contributed by atoms with Gasteiger partial charge in [-0.25, -0.2) is 0 Å². The normalized spacial score (nSPS) is 6.00. The lowest BCUT2D eigenvalue weighted by Crippen LogP contribution is -1.62. The van der Waals surface area contributed by atoms with E-state index in [1.54, 1.807) is 0 Å². The first-order valence-electron chi connectivity index (χ1n) is 1.06. The molecule has 0 aromatic rings. The van der Waals surface area contributed by atoms with Gasteiger partial charge in [0.2, 0.25) is 6.58 Å². The van der Waals surface area contributed by atoms with Crippen LogP contribution < -0.4 is 0 Å². The Morgan fingerprint density at radius 3 is 2.25 bits per heavy atom. The zero-order chi connectivity index (χ0) is 3.41. The first-order chi connectivity index (χ1) is 1.91. The second-order valence-corrected chi connectivity index (χ2v) is 0.418. The van der Waals surface area contributed by atoms with Gasteiger partial charge in [0.15, 0.2) is 6.08 Å². The predicted molar refractivity (Wildman–Crippen MR) is 16.0 cm³/mol. The van der Waals surface area contributed by atoms with Crippen LogP contribution in [0.5, 0.6) is 0 Å². The predicted octanol–water partition coefficient (Wildman–Crippen LogP) is -0.0321. The average Bonchev–Trinajstić information content (AvgIpc) is 1.37. The van der Waals surface area contributed by atoms with Crippen molar-refractivity contribution in [1.82, 2.24) is 0 Å². The van der Waals surface area contributed by atoms with Gasteiger partial charge in [-0.05, 0) is 0 Å². The molecule has 0 aliphatic carbocycles. The molecule has 0 amide bonds. The van der Waals surface area contributed by atoms with Gasteiger partial charge in [0.05, 0.1) is 0 Å². The number of hydrogen-bond acceptors (Lipinski definition) is 1. The fourth-order valence-electron chi connectivity index (χ4n) is 0. The third-order valence-corrected chi connectivity index (χ3v) is 0.105. The van der Waals surface area contributed by atoms with E-state index in [0.717, 1.165) is 0 Å². The SMILES string of the molecule is [CH+]=CCO. The molecule has 0 radical (unpaired) electrons. The zero-order valence-electron chi connectivity index (χ0n) is 2.31. The highest BCUT2D eigenvalue weighted by atomic mass is 16.2. The third kappa shape index (κ3) is 1.61. The molecule has 0 bridgehead atoms. The number of aliphatic hydroxyl groups is 1. The zero-order valence-corrected chi connectivity index (χ0v) is 2.31. The Hall–Kier alpha value is -0.390. The van der Waals surface area contributed by atoms with Crippen LogP contribution in [-0.4, -0.2) is 11.7 Å². The molecule has 1 nitrogen and oxygen atoms in total. The van der Waals surface area contributed by atoms with Crippen molar-refractivity contribution in [2.24, 2.45) is 0 Å². The van der Waals surface area contributed by atoms with Gasteiger partial charge in [-0.3, -0.25) is 0 Å². The molecule has 1 N–H and O–H groups in total. The van der Waals surface area contributed by atoms with Crippen molar-refractivity contribution >= 4 is 0 Å². The molecule has 0 aliphatic heterocycles. The Morgan fingerprint density at radius 2 is 2.25 bits per heavy atom. The molecule has 0 saturated heterocycles. The summed E-state index contributed by atoms with van der Waals surface area (Å²) in [7, 11) is 0. The molecule has 0 aromatic heterocycles. The minimum atomic E-state index is -0.0278. The summed E-state index contributed by atoms with van der Waals surface area (Å²) in [5.74, 6) is 0. The molecule has 4 heavy (non-hydrogen) atoms. The van der Waals surface area contributed by atoms with Gasteiger partial charge in [0.25, 0.3) is 0 Å². The van der Waals surface area contributed by atoms with E-state index in [9.17, 15) is 0 Å². The first-order valence-corrected chi connectivity index (χ1v) is 1.06. The van der Waals surface area contributed by atoms with Crippen molar-refractivity contribution in [3.8, 4) is 0 Å². The van der Waals surface area contributed by atoms with Crippen LogP contribution in [0.15, 0.2) is 6.08 Å². The van der Waals surface area contributed by atoms with Gasteiger partial charge in [0, 0.05) is 0 Å². The van der Waals surface area contributed by atoms with E-state index in [2.05, 4.69) is 6.58 Å². The summed E-state index contributed by atoms with van der Waals surface area (Å²) in [6, 6.07) is 0. The molecule has 0 aromatic carbocycles. The van der Waals surface area contributed by atoms with E-state index in [4.69, 9.17) is 5.11 Å². The van der Waals surface area contributed by atoms with Crippen LogP contribution in [0.3, 0.4) is 0 Å². The molecule has 0 unspecified atom stereocenters. The molecule has 0 spiro atoms. The fraction of sp³-hybridized carbons (Fsp3) is 0.333. The van der Waals surface area contributed by atoms with E-state index in [-0.39, 0.29) is 6.61 Å². The first kappa shape index (κ1) is 3.61. The molecular formula is C3H5O+. The third-order valence-electron chi connectivity index (χ3n) is 0.105. The molecule has 0 atom stereocenters. The maximum atomic E-state index is 7.69. The number of aliphatic hydroxyl groups excluding tert-OH is 1. The molecule has 0 rings (SSSR count). The van der Waals surface area contributed by atoms with Crippen LogP contribution in [-0.2, 0) is 0 Å². The van der Waals surface area contributed by atoms with Crippen molar-refractivity contribution in [2.75, 3.05) is 6.61 Å². The van der Waals surface area contributed by atoms with Crippen LogP contribution in [0.4, 0.5) is 0 Å². The van der Waals surface area contributed by atoms with E-state index in [0.29, 0.717) is 0 Å². The van der Waals surface area contributed by atoms with Gasteiger partial charge in [-0.2, -0.15) is 0 Å². The van der Waals surface area contributed by atoms with Gasteiger partial charge in [0.1, 0.15) is 6.61 Å². The van der Waals surface area contributed by atoms with E-state index in [1.807, 2.05) is 0 Å². The molecule has 0 saturated carbocycles. The Balaban J connectivity index is 2.30. The van der Waals surface area contributed by atoms with Crippen LogP contribution in [0.1, 0.15) is 0 Å². The molecule has 0 heterocycles. The van der Waals surface area contributed by atoms with Gasteiger partial charge in [-0.1, -0.05) is 0 Å². The van der Waals surface area contributed by atoms with E-state index in [1.165, 1.54) is 6.08 Å². The minimum Gasteiger partial charge on any atom is -0.388 e. The van der Waals surface area contributed by atoms with Gasteiger partial charge < -0.3 is 5.11 Å². The monoisotopic (exact) mass is 57.0 g/mol. The average molecular weight is 57.1 g/mol. The molecular weight excluding hydrogens is 52.0 g/mol. The number of rotatable bonds is 1. The second-order valence-electron chi connectivity index (χ2n) is 0.418. The summed E-state index contributed by atoms with van der Waals surface area (Å²) in [4.78, 5) is 0. The van der Waals surface area contributed by atoms with Crippen LogP contribution >= 0.6 is 0 Å². The summed E-state index contributed by atoms with van der Waals surface area (Å²) >= 11 is 0. The van der Waals surface area contributed by atoms with Crippen molar-refractivity contribution in [3.05, 3.63) is 12.7 Å². The Bertz CT molecular complexity index is 17.2. The summed E-state index contributed by atoms with van der Waals surface area (Å²) in [5.41, 5.74) is 0. The van der Waals surface area contributed by atoms with Gasteiger partial charge in [-0.15, -0.1) is 0 Å². The van der Waals surface area contributed by atoms with Crippen molar-refractivity contribution in [3.63, 3.8) is 0 Å². The van der Waals surface area contributed by atoms with Crippen molar-refractivity contribution in [1.29, 1.82) is 0 Å². The van der Waals surface area contributed by atoms with E-state index < -0.39 is 0 Å².